The number of carbonyl (C=O) groups is 1. The monoisotopic (exact) mass is 341 g/mol. The van der Waals surface area contributed by atoms with Gasteiger partial charge in [-0.2, -0.15) is 0 Å². The van der Waals surface area contributed by atoms with Crippen molar-refractivity contribution in [1.29, 1.82) is 0 Å². The van der Waals surface area contributed by atoms with E-state index in [0.29, 0.717) is 23.9 Å². The summed E-state index contributed by atoms with van der Waals surface area (Å²) < 4.78 is 5.42. The first-order valence-electron chi connectivity index (χ1n) is 7.59. The molecule has 0 aliphatic carbocycles. The van der Waals surface area contributed by atoms with Gasteiger partial charge in [-0.25, -0.2) is 0 Å². The van der Waals surface area contributed by atoms with Crippen LogP contribution in [0.5, 0.6) is 0 Å². The van der Waals surface area contributed by atoms with Gasteiger partial charge < -0.3 is 9.73 Å². The van der Waals surface area contributed by atoms with E-state index in [1.54, 1.807) is 12.1 Å². The van der Waals surface area contributed by atoms with Gasteiger partial charge in [0.2, 0.25) is 5.89 Å². The van der Waals surface area contributed by atoms with Crippen molar-refractivity contribution in [2.24, 2.45) is 0 Å². The lowest BCUT2D eigenvalue weighted by Gasteiger charge is -2.02. The molecule has 5 nitrogen and oxygen atoms in total. The maximum Gasteiger partial charge on any atom is 0.308 e. The third-order valence-corrected chi connectivity index (χ3v) is 3.72. The van der Waals surface area contributed by atoms with Gasteiger partial charge in [0.05, 0.1) is 6.42 Å². The minimum absolute atomic E-state index is 0.0213. The second-order valence-electron chi connectivity index (χ2n) is 5.30. The maximum absolute atomic E-state index is 12.0. The topological polar surface area (TPSA) is 68.0 Å². The van der Waals surface area contributed by atoms with E-state index in [9.17, 15) is 4.79 Å². The van der Waals surface area contributed by atoms with Gasteiger partial charge in [0, 0.05) is 11.6 Å². The van der Waals surface area contributed by atoms with Crippen LogP contribution in [0.15, 0.2) is 59.0 Å². The Labute approximate surface area is 144 Å². The molecule has 0 saturated heterocycles. The predicted octanol–water partition coefficient (Wildman–Crippen LogP) is 3.29. The second-order valence-corrected chi connectivity index (χ2v) is 5.73. The van der Waals surface area contributed by atoms with Gasteiger partial charge in [0.25, 0.3) is 0 Å². The normalized spacial score (nSPS) is 10.5. The van der Waals surface area contributed by atoms with E-state index in [2.05, 4.69) is 15.5 Å². The molecule has 1 amide bonds. The minimum atomic E-state index is -0.360. The van der Waals surface area contributed by atoms with E-state index in [1.165, 1.54) is 0 Å². The van der Waals surface area contributed by atoms with Crippen LogP contribution in [0.25, 0.3) is 0 Å². The summed E-state index contributed by atoms with van der Waals surface area (Å²) in [7, 11) is 0. The average Bonchev–Trinajstić information content (AvgIpc) is 3.06. The highest BCUT2D eigenvalue weighted by Crippen LogP contribution is 2.13. The van der Waals surface area contributed by atoms with Gasteiger partial charge >= 0.3 is 11.8 Å². The summed E-state index contributed by atoms with van der Waals surface area (Å²) in [5.41, 5.74) is 2.14. The number of amides is 1. The Balaban J connectivity index is 1.52. The highest BCUT2D eigenvalue weighted by atomic mass is 35.5. The fourth-order valence-electron chi connectivity index (χ4n) is 2.23. The van der Waals surface area contributed by atoms with E-state index in [4.69, 9.17) is 16.0 Å². The number of carbonyl (C=O) groups excluding carboxylic acids is 1. The summed E-state index contributed by atoms with van der Waals surface area (Å²) in [6.07, 6.45) is 1.21. The molecule has 1 aromatic heterocycles. The highest BCUT2D eigenvalue weighted by Gasteiger charge is 2.14. The summed E-state index contributed by atoms with van der Waals surface area (Å²) in [5, 5.41) is 11.2. The molecular formula is C18H16ClN3O2. The second kappa shape index (κ2) is 7.75. The molecular weight excluding hydrogens is 326 g/mol. The zero-order chi connectivity index (χ0) is 16.8. The van der Waals surface area contributed by atoms with E-state index in [1.807, 2.05) is 42.5 Å². The maximum atomic E-state index is 12.0. The van der Waals surface area contributed by atoms with Gasteiger partial charge in [-0.15, -0.1) is 10.2 Å². The number of hydrogen-bond donors (Lipinski definition) is 1. The van der Waals surface area contributed by atoms with Crippen LogP contribution in [0.4, 0.5) is 0 Å². The van der Waals surface area contributed by atoms with Crippen molar-refractivity contribution in [2.45, 2.75) is 12.8 Å². The Bertz CT molecular complexity index is 801. The molecule has 24 heavy (non-hydrogen) atoms. The van der Waals surface area contributed by atoms with Crippen LogP contribution in [0.3, 0.4) is 0 Å². The van der Waals surface area contributed by atoms with Crippen molar-refractivity contribution in [3.05, 3.63) is 82.5 Å². The first-order chi connectivity index (χ1) is 11.7. The minimum Gasteiger partial charge on any atom is -0.417 e. The summed E-state index contributed by atoms with van der Waals surface area (Å²) in [6, 6.07) is 17.3. The third kappa shape index (κ3) is 4.43. The quantitative estimate of drug-likeness (QED) is 0.747. The molecule has 2 aromatic carbocycles. The number of rotatable bonds is 6. The number of halogens is 1. The van der Waals surface area contributed by atoms with Crippen molar-refractivity contribution < 1.29 is 9.21 Å². The van der Waals surface area contributed by atoms with Crippen molar-refractivity contribution in [3.63, 3.8) is 0 Å². The molecule has 122 valence electrons. The highest BCUT2D eigenvalue weighted by molar-refractivity contribution is 6.30. The first kappa shape index (κ1) is 16.2. The number of benzene rings is 2. The van der Waals surface area contributed by atoms with Crippen molar-refractivity contribution in [3.8, 4) is 0 Å². The van der Waals surface area contributed by atoms with Crippen LogP contribution in [-0.4, -0.2) is 22.6 Å². The molecule has 0 aliphatic rings. The average molecular weight is 342 g/mol. The fourth-order valence-corrected chi connectivity index (χ4v) is 2.36. The molecule has 6 heteroatoms. The standard InChI is InChI=1S/C18H16ClN3O2/c19-15-8-6-14(7-9-15)12-16-21-22-18(24-16)17(23)20-11-10-13-4-2-1-3-5-13/h1-9H,10-12H2,(H,20,23). The van der Waals surface area contributed by atoms with Crippen molar-refractivity contribution >= 4 is 17.5 Å². The van der Waals surface area contributed by atoms with E-state index in [0.717, 1.165) is 17.5 Å². The van der Waals surface area contributed by atoms with Crippen LogP contribution in [-0.2, 0) is 12.8 Å². The molecule has 3 aromatic rings. The Hall–Kier alpha value is -2.66. The van der Waals surface area contributed by atoms with Gasteiger partial charge in [-0.05, 0) is 29.7 Å². The van der Waals surface area contributed by atoms with Gasteiger partial charge in [0.15, 0.2) is 0 Å². The molecule has 0 unspecified atom stereocenters. The van der Waals surface area contributed by atoms with Crippen molar-refractivity contribution in [2.75, 3.05) is 6.54 Å². The molecule has 3 rings (SSSR count). The molecule has 0 saturated carbocycles. The zero-order valence-corrected chi connectivity index (χ0v) is 13.7. The largest absolute Gasteiger partial charge is 0.417 e. The lowest BCUT2D eigenvalue weighted by Crippen LogP contribution is -2.26. The smallest absolute Gasteiger partial charge is 0.308 e. The summed E-state index contributed by atoms with van der Waals surface area (Å²) >= 11 is 5.85. The Kier molecular flexibility index (Phi) is 5.23. The van der Waals surface area contributed by atoms with Crippen LogP contribution >= 0.6 is 11.6 Å². The predicted molar refractivity (Wildman–Crippen MR) is 91.0 cm³/mol. The molecule has 0 atom stereocenters. The van der Waals surface area contributed by atoms with Gasteiger partial charge in [-0.1, -0.05) is 54.1 Å². The molecule has 1 N–H and O–H groups in total. The summed E-state index contributed by atoms with van der Waals surface area (Å²) in [4.78, 5) is 12.0. The molecule has 0 bridgehead atoms. The number of nitrogens with zero attached hydrogens (tertiary/aromatic N) is 2. The molecule has 0 aliphatic heterocycles. The van der Waals surface area contributed by atoms with E-state index in [-0.39, 0.29) is 11.8 Å². The number of nitrogens with one attached hydrogen (secondary N) is 1. The molecule has 0 radical (unpaired) electrons. The van der Waals surface area contributed by atoms with Crippen LogP contribution in [0.2, 0.25) is 5.02 Å². The first-order valence-corrected chi connectivity index (χ1v) is 7.97. The van der Waals surface area contributed by atoms with Crippen LogP contribution in [0, 0.1) is 0 Å². The van der Waals surface area contributed by atoms with Gasteiger partial charge in [0.1, 0.15) is 0 Å². The van der Waals surface area contributed by atoms with Gasteiger partial charge in [-0.3, -0.25) is 4.79 Å². The molecule has 1 heterocycles. The SMILES string of the molecule is O=C(NCCc1ccccc1)c1nnc(Cc2ccc(Cl)cc2)o1. The Morgan fingerprint density at radius 1 is 1.00 bits per heavy atom. The molecule has 0 spiro atoms. The van der Waals surface area contributed by atoms with E-state index >= 15 is 0 Å². The number of aromatic nitrogens is 2. The third-order valence-electron chi connectivity index (χ3n) is 3.47. The Morgan fingerprint density at radius 3 is 2.50 bits per heavy atom. The lowest BCUT2D eigenvalue weighted by atomic mass is 10.1. The van der Waals surface area contributed by atoms with Crippen LogP contribution < -0.4 is 5.32 Å². The molecule has 0 fully saturated rings. The zero-order valence-electron chi connectivity index (χ0n) is 12.9. The lowest BCUT2D eigenvalue weighted by molar-refractivity contribution is 0.0918. The number of hydrogen-bond acceptors (Lipinski definition) is 4. The fraction of sp³-hybridized carbons (Fsp3) is 0.167. The summed E-state index contributed by atoms with van der Waals surface area (Å²) in [5.74, 6) is 0.0124. The Morgan fingerprint density at radius 2 is 1.75 bits per heavy atom. The van der Waals surface area contributed by atoms with Crippen molar-refractivity contribution in [1.82, 2.24) is 15.5 Å². The van der Waals surface area contributed by atoms with Crippen LogP contribution in [0.1, 0.15) is 27.7 Å². The van der Waals surface area contributed by atoms with E-state index < -0.39 is 0 Å². The summed E-state index contributed by atoms with van der Waals surface area (Å²) in [6.45, 7) is 0.512.